The fraction of sp³-hybridized carbons (Fsp3) is 0.250. The summed E-state index contributed by atoms with van der Waals surface area (Å²) in [5.41, 5.74) is 7.47. The van der Waals surface area contributed by atoms with Crippen LogP contribution in [0.15, 0.2) is 24.3 Å². The van der Waals surface area contributed by atoms with Gasteiger partial charge in [0.2, 0.25) is 0 Å². The van der Waals surface area contributed by atoms with Gasteiger partial charge >= 0.3 is 5.97 Å². The SMILES string of the molecule is COC(=O)c1cc(N)ccc1C=CCCS. The van der Waals surface area contributed by atoms with Crippen molar-refractivity contribution in [1.82, 2.24) is 0 Å². The van der Waals surface area contributed by atoms with Crippen LogP contribution in [0.3, 0.4) is 0 Å². The molecule has 0 saturated heterocycles. The lowest BCUT2D eigenvalue weighted by Gasteiger charge is -2.05. The standard InChI is InChI=1S/C12H15NO2S/c1-15-12(14)11-8-10(13)6-5-9(11)4-2-3-7-16/h2,4-6,8,16H,3,7,13H2,1H3. The number of carbonyl (C=O) groups is 1. The van der Waals surface area contributed by atoms with Gasteiger partial charge in [-0.1, -0.05) is 18.2 Å². The highest BCUT2D eigenvalue weighted by molar-refractivity contribution is 7.80. The third kappa shape index (κ3) is 3.31. The number of thiol groups is 1. The summed E-state index contributed by atoms with van der Waals surface area (Å²) >= 11 is 4.11. The molecule has 0 aliphatic heterocycles. The van der Waals surface area contributed by atoms with E-state index in [1.165, 1.54) is 7.11 Å². The summed E-state index contributed by atoms with van der Waals surface area (Å²) in [5.74, 6) is 0.400. The van der Waals surface area contributed by atoms with E-state index in [4.69, 9.17) is 10.5 Å². The van der Waals surface area contributed by atoms with Crippen LogP contribution in [0.2, 0.25) is 0 Å². The smallest absolute Gasteiger partial charge is 0.338 e. The number of hydrogen-bond donors (Lipinski definition) is 2. The fourth-order valence-corrected chi connectivity index (χ4v) is 1.44. The number of carbonyl (C=O) groups excluding carboxylic acids is 1. The van der Waals surface area contributed by atoms with Crippen LogP contribution in [-0.2, 0) is 4.74 Å². The van der Waals surface area contributed by atoms with Crippen LogP contribution >= 0.6 is 12.6 Å². The Morgan fingerprint density at radius 2 is 2.31 bits per heavy atom. The van der Waals surface area contributed by atoms with Gasteiger partial charge in [0.15, 0.2) is 0 Å². The lowest BCUT2D eigenvalue weighted by molar-refractivity contribution is 0.0600. The molecule has 1 rings (SSSR count). The highest BCUT2D eigenvalue weighted by Crippen LogP contribution is 2.16. The molecular weight excluding hydrogens is 222 g/mol. The molecule has 0 aliphatic rings. The van der Waals surface area contributed by atoms with E-state index in [0.29, 0.717) is 11.3 Å². The first-order valence-electron chi connectivity index (χ1n) is 4.94. The summed E-state index contributed by atoms with van der Waals surface area (Å²) in [7, 11) is 1.35. The molecule has 0 atom stereocenters. The predicted octanol–water partition coefficient (Wildman–Crippen LogP) is 2.39. The van der Waals surface area contributed by atoms with Gasteiger partial charge in [-0.15, -0.1) is 0 Å². The zero-order chi connectivity index (χ0) is 12.0. The molecule has 0 spiro atoms. The van der Waals surface area contributed by atoms with Gasteiger partial charge in [-0.3, -0.25) is 0 Å². The molecule has 0 unspecified atom stereocenters. The minimum atomic E-state index is -0.377. The third-order valence-corrected chi connectivity index (χ3v) is 2.33. The van der Waals surface area contributed by atoms with Crippen LogP contribution in [0.25, 0.3) is 6.08 Å². The summed E-state index contributed by atoms with van der Waals surface area (Å²) in [4.78, 5) is 11.5. The van der Waals surface area contributed by atoms with Crippen LogP contribution in [0.5, 0.6) is 0 Å². The number of allylic oxidation sites excluding steroid dienone is 1. The molecule has 0 fully saturated rings. The third-order valence-electron chi connectivity index (χ3n) is 2.08. The first-order valence-corrected chi connectivity index (χ1v) is 5.57. The van der Waals surface area contributed by atoms with Gasteiger partial charge in [0.05, 0.1) is 12.7 Å². The van der Waals surface area contributed by atoms with Gasteiger partial charge in [-0.05, 0) is 29.9 Å². The summed E-state index contributed by atoms with van der Waals surface area (Å²) in [6.45, 7) is 0. The second kappa shape index (κ2) is 6.23. The van der Waals surface area contributed by atoms with E-state index in [9.17, 15) is 4.79 Å². The van der Waals surface area contributed by atoms with Crippen molar-refractivity contribution in [1.29, 1.82) is 0 Å². The lowest BCUT2D eigenvalue weighted by Crippen LogP contribution is -2.04. The second-order valence-electron chi connectivity index (χ2n) is 3.25. The average molecular weight is 237 g/mol. The number of methoxy groups -OCH3 is 1. The molecule has 0 amide bonds. The molecule has 0 radical (unpaired) electrons. The van der Waals surface area contributed by atoms with E-state index in [1.54, 1.807) is 18.2 Å². The Hall–Kier alpha value is -1.42. The minimum absolute atomic E-state index is 0.377. The van der Waals surface area contributed by atoms with Crippen molar-refractivity contribution in [2.24, 2.45) is 0 Å². The van der Waals surface area contributed by atoms with Crippen LogP contribution < -0.4 is 5.73 Å². The fourth-order valence-electron chi connectivity index (χ4n) is 1.29. The molecule has 16 heavy (non-hydrogen) atoms. The Kier molecular flexibility index (Phi) is 4.92. The summed E-state index contributed by atoms with van der Waals surface area (Å²) in [6, 6.07) is 5.18. The zero-order valence-electron chi connectivity index (χ0n) is 9.14. The first-order chi connectivity index (χ1) is 7.69. The molecule has 0 bridgehead atoms. The van der Waals surface area contributed by atoms with Gasteiger partial charge in [0, 0.05) is 5.69 Å². The van der Waals surface area contributed by atoms with Crippen molar-refractivity contribution in [3.05, 3.63) is 35.4 Å². The van der Waals surface area contributed by atoms with Crippen LogP contribution in [0.4, 0.5) is 5.69 Å². The van der Waals surface area contributed by atoms with Crippen LogP contribution in [0, 0.1) is 0 Å². The number of ether oxygens (including phenoxy) is 1. The molecule has 2 N–H and O–H groups in total. The normalized spacial score (nSPS) is 10.6. The quantitative estimate of drug-likeness (QED) is 0.480. The van der Waals surface area contributed by atoms with Crippen molar-refractivity contribution < 1.29 is 9.53 Å². The summed E-state index contributed by atoms with van der Waals surface area (Å²) in [6.07, 6.45) is 4.70. The van der Waals surface area contributed by atoms with Gasteiger partial charge in [-0.25, -0.2) is 4.79 Å². The van der Waals surface area contributed by atoms with E-state index in [1.807, 2.05) is 12.2 Å². The minimum Gasteiger partial charge on any atom is -0.465 e. The molecular formula is C12H15NO2S. The lowest BCUT2D eigenvalue weighted by atomic mass is 10.1. The van der Waals surface area contributed by atoms with Crippen molar-refractivity contribution in [2.45, 2.75) is 6.42 Å². The van der Waals surface area contributed by atoms with Gasteiger partial charge in [0.1, 0.15) is 0 Å². The largest absolute Gasteiger partial charge is 0.465 e. The number of nitrogens with two attached hydrogens (primary N) is 1. The number of hydrogen-bond acceptors (Lipinski definition) is 4. The number of esters is 1. The second-order valence-corrected chi connectivity index (χ2v) is 3.70. The molecule has 0 aromatic heterocycles. The topological polar surface area (TPSA) is 52.3 Å². The Morgan fingerprint density at radius 1 is 1.56 bits per heavy atom. The Balaban J connectivity index is 3.02. The number of rotatable bonds is 4. The van der Waals surface area contributed by atoms with Crippen molar-refractivity contribution in [3.8, 4) is 0 Å². The molecule has 4 heteroatoms. The van der Waals surface area contributed by atoms with E-state index in [-0.39, 0.29) is 5.97 Å². The maximum absolute atomic E-state index is 11.5. The molecule has 0 saturated carbocycles. The van der Waals surface area contributed by atoms with Crippen LogP contribution in [-0.4, -0.2) is 18.8 Å². The van der Waals surface area contributed by atoms with E-state index < -0.39 is 0 Å². The molecule has 3 nitrogen and oxygen atoms in total. The maximum Gasteiger partial charge on any atom is 0.338 e. The molecule has 1 aromatic carbocycles. The number of benzene rings is 1. The van der Waals surface area contributed by atoms with Gasteiger partial charge < -0.3 is 10.5 Å². The van der Waals surface area contributed by atoms with Gasteiger partial charge in [-0.2, -0.15) is 12.6 Å². The Morgan fingerprint density at radius 3 is 2.94 bits per heavy atom. The van der Waals surface area contributed by atoms with Crippen molar-refractivity contribution >= 4 is 30.4 Å². The Labute approximate surface area is 101 Å². The predicted molar refractivity (Wildman–Crippen MR) is 69.7 cm³/mol. The monoisotopic (exact) mass is 237 g/mol. The zero-order valence-corrected chi connectivity index (χ0v) is 10.0. The maximum atomic E-state index is 11.5. The Bertz CT molecular complexity index is 402. The highest BCUT2D eigenvalue weighted by atomic mass is 32.1. The number of nitrogen functional groups attached to an aromatic ring is 1. The molecule has 0 heterocycles. The number of anilines is 1. The average Bonchev–Trinajstić information content (AvgIpc) is 2.30. The molecule has 1 aromatic rings. The summed E-state index contributed by atoms with van der Waals surface area (Å²) in [5, 5.41) is 0. The highest BCUT2D eigenvalue weighted by Gasteiger charge is 2.09. The van der Waals surface area contributed by atoms with E-state index in [2.05, 4.69) is 12.6 Å². The van der Waals surface area contributed by atoms with Crippen molar-refractivity contribution in [2.75, 3.05) is 18.6 Å². The van der Waals surface area contributed by atoms with Crippen LogP contribution in [0.1, 0.15) is 22.3 Å². The van der Waals surface area contributed by atoms with Crippen molar-refractivity contribution in [3.63, 3.8) is 0 Å². The molecule has 86 valence electrons. The first kappa shape index (κ1) is 12.6. The van der Waals surface area contributed by atoms with E-state index in [0.717, 1.165) is 17.7 Å². The van der Waals surface area contributed by atoms with E-state index >= 15 is 0 Å². The molecule has 0 aliphatic carbocycles. The van der Waals surface area contributed by atoms with Gasteiger partial charge in [0.25, 0.3) is 0 Å². The summed E-state index contributed by atoms with van der Waals surface area (Å²) < 4.78 is 4.69.